The first kappa shape index (κ1) is 26.0. The molecule has 0 aromatic heterocycles. The van der Waals surface area contributed by atoms with Crippen LogP contribution in [0.1, 0.15) is 50.9 Å². The van der Waals surface area contributed by atoms with E-state index in [1.807, 2.05) is 13.1 Å². The van der Waals surface area contributed by atoms with Crippen LogP contribution in [-0.2, 0) is 23.5 Å². The van der Waals surface area contributed by atoms with E-state index in [1.165, 1.54) is 0 Å². The van der Waals surface area contributed by atoms with Crippen LogP contribution in [0.25, 0.3) is 0 Å². The van der Waals surface area contributed by atoms with E-state index in [0.717, 1.165) is 0 Å². The van der Waals surface area contributed by atoms with E-state index in [1.54, 1.807) is 37.3 Å². The Hall–Kier alpha value is -2.23. The third-order valence-corrected chi connectivity index (χ3v) is 10.5. The number of carbonyl (C=O) groups excluding carboxylic acids is 3. The largest absolute Gasteiger partial charge is 0.466 e. The molecule has 0 saturated carbocycles. The van der Waals surface area contributed by atoms with Crippen molar-refractivity contribution in [1.29, 1.82) is 0 Å². The molecule has 9 heteroatoms. The van der Waals surface area contributed by atoms with E-state index in [9.17, 15) is 19.5 Å². The van der Waals surface area contributed by atoms with Crippen molar-refractivity contribution >= 4 is 26.2 Å². The minimum absolute atomic E-state index is 0.0668. The highest BCUT2D eigenvalue weighted by Crippen LogP contribution is 2.39. The van der Waals surface area contributed by atoms with E-state index < -0.39 is 44.5 Å². The monoisotopic (exact) mass is 465 g/mol. The fourth-order valence-electron chi connectivity index (χ4n) is 3.20. The van der Waals surface area contributed by atoms with Crippen molar-refractivity contribution in [2.24, 2.45) is 0 Å². The summed E-state index contributed by atoms with van der Waals surface area (Å²) in [7, 11) is -2.37. The number of nitrogens with one attached hydrogen (secondary N) is 1. The number of aliphatic hydroxyl groups is 1. The number of piperidine rings is 1. The van der Waals surface area contributed by atoms with Crippen molar-refractivity contribution in [3.05, 3.63) is 35.9 Å². The molecule has 0 radical (unpaired) electrons. The maximum atomic E-state index is 12.8. The molecule has 0 bridgehead atoms. The first-order chi connectivity index (χ1) is 14.9. The van der Waals surface area contributed by atoms with Crippen LogP contribution in [0.4, 0.5) is 0 Å². The van der Waals surface area contributed by atoms with Gasteiger partial charge in [0.25, 0.3) is 5.91 Å². The molecule has 1 aliphatic rings. The topological polar surface area (TPSA) is 111 Å². The molecule has 1 saturated heterocycles. The molecule has 2 rings (SSSR count). The van der Waals surface area contributed by atoms with Crippen molar-refractivity contribution in [2.45, 2.75) is 83.0 Å². The molecule has 2 N–H and O–H groups in total. The summed E-state index contributed by atoms with van der Waals surface area (Å²) in [5.74, 6) is -1.72. The summed E-state index contributed by atoms with van der Waals surface area (Å²) in [6.07, 6.45) is -3.33. The zero-order valence-corrected chi connectivity index (χ0v) is 20.7. The lowest BCUT2D eigenvalue weighted by molar-refractivity contribution is -0.155. The Labute approximate surface area is 190 Å². The molecule has 1 aromatic rings. The molecule has 0 unspecified atom stereocenters. The highest BCUT2D eigenvalue weighted by atomic mass is 28.4. The molecular weight excluding hydrogens is 430 g/mol. The zero-order valence-electron chi connectivity index (χ0n) is 19.7. The fourth-order valence-corrected chi connectivity index (χ4v) is 4.54. The summed E-state index contributed by atoms with van der Waals surface area (Å²) in [6, 6.07) is 7.65. The van der Waals surface area contributed by atoms with Gasteiger partial charge in [-0.05, 0) is 43.6 Å². The Kier molecular flexibility index (Phi) is 8.61. The van der Waals surface area contributed by atoms with Gasteiger partial charge in [-0.1, -0.05) is 39.0 Å². The second-order valence-electron chi connectivity index (χ2n) is 9.48. The molecule has 0 spiro atoms. The average Bonchev–Trinajstić information content (AvgIpc) is 2.71. The second kappa shape index (κ2) is 10.6. The van der Waals surface area contributed by atoms with Gasteiger partial charge in [0, 0.05) is 6.42 Å². The molecule has 4 atom stereocenters. The number of hydrogen-bond acceptors (Lipinski definition) is 7. The van der Waals surface area contributed by atoms with Crippen LogP contribution >= 0.6 is 0 Å². The van der Waals surface area contributed by atoms with Gasteiger partial charge >= 0.3 is 11.9 Å². The molecule has 0 aliphatic carbocycles. The number of hydrogen-bond donors (Lipinski definition) is 2. The third-order valence-electron chi connectivity index (χ3n) is 6.07. The Morgan fingerprint density at radius 1 is 1.16 bits per heavy atom. The smallest absolute Gasteiger partial charge is 0.339 e. The summed E-state index contributed by atoms with van der Waals surface area (Å²) in [5.41, 5.74) is 0.277. The SMILES string of the molecule is CCOC(=O)CC[C@@H]1NC(=O)[C@H](OC(=O)c2ccccc2)[C@@H](O)[C@H]1O[Si](C)(C)C(C)(C)C. The van der Waals surface area contributed by atoms with Gasteiger partial charge in [0.15, 0.2) is 8.32 Å². The lowest BCUT2D eigenvalue weighted by atomic mass is 9.92. The van der Waals surface area contributed by atoms with Gasteiger partial charge in [-0.3, -0.25) is 9.59 Å². The highest BCUT2D eigenvalue weighted by Gasteiger charge is 2.50. The van der Waals surface area contributed by atoms with Crippen molar-refractivity contribution in [3.8, 4) is 0 Å². The number of benzene rings is 1. The van der Waals surface area contributed by atoms with Gasteiger partial charge in [0.2, 0.25) is 6.10 Å². The second-order valence-corrected chi connectivity index (χ2v) is 14.2. The highest BCUT2D eigenvalue weighted by molar-refractivity contribution is 6.74. The van der Waals surface area contributed by atoms with Crippen molar-refractivity contribution in [2.75, 3.05) is 6.61 Å². The molecule has 1 heterocycles. The van der Waals surface area contributed by atoms with Gasteiger partial charge in [0.05, 0.1) is 24.3 Å². The molecule has 1 amide bonds. The van der Waals surface area contributed by atoms with Crippen molar-refractivity contribution in [3.63, 3.8) is 0 Å². The summed E-state index contributed by atoms with van der Waals surface area (Å²) >= 11 is 0. The van der Waals surface area contributed by atoms with Gasteiger partial charge in [-0.25, -0.2) is 4.79 Å². The predicted octanol–water partition coefficient (Wildman–Crippen LogP) is 2.80. The number of carbonyl (C=O) groups is 3. The summed E-state index contributed by atoms with van der Waals surface area (Å²) < 4.78 is 16.8. The van der Waals surface area contributed by atoms with E-state index in [0.29, 0.717) is 0 Å². The number of aliphatic hydroxyl groups excluding tert-OH is 1. The van der Waals surface area contributed by atoms with E-state index in [4.69, 9.17) is 13.9 Å². The first-order valence-electron chi connectivity index (χ1n) is 10.9. The molecule has 178 valence electrons. The molecule has 1 fully saturated rings. The Bertz CT molecular complexity index is 806. The molecule has 1 aromatic carbocycles. The maximum absolute atomic E-state index is 12.8. The number of esters is 2. The predicted molar refractivity (Wildman–Crippen MR) is 122 cm³/mol. The molecule has 1 aliphatic heterocycles. The summed E-state index contributed by atoms with van der Waals surface area (Å²) in [5, 5.41) is 13.7. The van der Waals surface area contributed by atoms with Crippen LogP contribution in [0.15, 0.2) is 30.3 Å². The van der Waals surface area contributed by atoms with Gasteiger partial charge in [-0.2, -0.15) is 0 Å². The summed E-state index contributed by atoms with van der Waals surface area (Å²) in [4.78, 5) is 37.1. The first-order valence-corrected chi connectivity index (χ1v) is 13.9. The Balaban J connectivity index is 2.25. The fraction of sp³-hybridized carbons (Fsp3) is 0.609. The Morgan fingerprint density at radius 3 is 2.34 bits per heavy atom. The van der Waals surface area contributed by atoms with E-state index in [2.05, 4.69) is 26.1 Å². The van der Waals surface area contributed by atoms with Crippen molar-refractivity contribution < 1.29 is 33.4 Å². The average molecular weight is 466 g/mol. The summed E-state index contributed by atoms with van der Waals surface area (Å²) in [6.45, 7) is 12.2. The van der Waals surface area contributed by atoms with Gasteiger partial charge < -0.3 is 24.3 Å². The lowest BCUT2D eigenvalue weighted by Gasteiger charge is -2.46. The zero-order chi connectivity index (χ0) is 24.1. The Morgan fingerprint density at radius 2 is 1.78 bits per heavy atom. The van der Waals surface area contributed by atoms with Crippen LogP contribution in [0.5, 0.6) is 0 Å². The van der Waals surface area contributed by atoms with Gasteiger partial charge in [0.1, 0.15) is 6.10 Å². The van der Waals surface area contributed by atoms with Crippen LogP contribution in [0, 0.1) is 0 Å². The standard InChI is InChI=1S/C23H35NO7Si/c1-7-29-17(25)14-13-16-19(31-32(5,6)23(2,3)4)18(26)20(21(27)24-16)30-22(28)15-11-9-8-10-12-15/h8-12,16,18-20,26H,7,13-14H2,1-6H3,(H,24,27)/t16-,18-,19-,20+/m0/s1. The van der Waals surface area contributed by atoms with Crippen molar-refractivity contribution in [1.82, 2.24) is 5.32 Å². The minimum atomic E-state index is -2.37. The van der Waals surface area contributed by atoms with Crippen LogP contribution < -0.4 is 5.32 Å². The van der Waals surface area contributed by atoms with Crippen LogP contribution in [0.3, 0.4) is 0 Å². The van der Waals surface area contributed by atoms with Gasteiger partial charge in [-0.15, -0.1) is 0 Å². The maximum Gasteiger partial charge on any atom is 0.339 e. The number of ether oxygens (including phenoxy) is 2. The molecule has 8 nitrogen and oxygen atoms in total. The molecular formula is C23H35NO7Si. The third kappa shape index (κ3) is 6.40. The van der Waals surface area contributed by atoms with Crippen LogP contribution in [-0.4, -0.2) is 62.2 Å². The van der Waals surface area contributed by atoms with Crippen LogP contribution in [0.2, 0.25) is 18.1 Å². The number of amides is 1. The number of rotatable bonds is 8. The minimum Gasteiger partial charge on any atom is -0.466 e. The normalized spacial score (nSPS) is 23.9. The quantitative estimate of drug-likeness (QED) is 0.448. The molecule has 32 heavy (non-hydrogen) atoms. The van der Waals surface area contributed by atoms with E-state index >= 15 is 0 Å². The lowest BCUT2D eigenvalue weighted by Crippen LogP contribution is -2.66. The van der Waals surface area contributed by atoms with E-state index in [-0.39, 0.29) is 36.0 Å².